The van der Waals surface area contributed by atoms with Crippen LogP contribution in [0, 0.1) is 0 Å². The van der Waals surface area contributed by atoms with Crippen molar-refractivity contribution in [1.82, 2.24) is 0 Å². The van der Waals surface area contributed by atoms with Crippen LogP contribution in [0.4, 0.5) is 8.78 Å². The van der Waals surface area contributed by atoms with Crippen molar-refractivity contribution in [2.75, 3.05) is 13.7 Å². The molecule has 2 nitrogen and oxygen atoms in total. The fourth-order valence-corrected chi connectivity index (χ4v) is 0.424. The summed E-state index contributed by atoms with van der Waals surface area (Å²) in [5, 5.41) is 0. The molecule has 0 bridgehead atoms. The Kier molecular flexibility index (Phi) is 5.76. The van der Waals surface area contributed by atoms with Gasteiger partial charge in [-0.15, -0.1) is 0 Å². The average molecular weight is 140 g/mol. The standard InChI is InChI=1S/C5H10F2O2/c1-2-5(8-3-6)9-4-7/h5H,2-4H2,1H3. The van der Waals surface area contributed by atoms with Gasteiger partial charge in [-0.1, -0.05) is 6.92 Å². The van der Waals surface area contributed by atoms with E-state index < -0.39 is 20.0 Å². The molecule has 0 amide bonds. The van der Waals surface area contributed by atoms with E-state index in [1.165, 1.54) is 0 Å². The highest BCUT2D eigenvalue weighted by Crippen LogP contribution is 1.99. The summed E-state index contributed by atoms with van der Waals surface area (Å²) in [5.41, 5.74) is 0. The summed E-state index contributed by atoms with van der Waals surface area (Å²) in [5.74, 6) is 0. The van der Waals surface area contributed by atoms with Crippen molar-refractivity contribution < 1.29 is 18.3 Å². The first-order chi connectivity index (χ1) is 4.35. The molecule has 0 aliphatic carbocycles. The van der Waals surface area contributed by atoms with Crippen LogP contribution >= 0.6 is 0 Å². The number of rotatable bonds is 5. The summed E-state index contributed by atoms with van der Waals surface area (Å²) in [6.45, 7) is -0.146. The van der Waals surface area contributed by atoms with Gasteiger partial charge in [-0.3, -0.25) is 0 Å². The van der Waals surface area contributed by atoms with Crippen LogP contribution in [0.3, 0.4) is 0 Å². The van der Waals surface area contributed by atoms with Crippen LogP contribution in [0.25, 0.3) is 0 Å². The second-order valence-corrected chi connectivity index (χ2v) is 1.39. The van der Waals surface area contributed by atoms with Crippen LogP contribution in [0.1, 0.15) is 13.3 Å². The quantitative estimate of drug-likeness (QED) is 0.540. The van der Waals surface area contributed by atoms with Gasteiger partial charge in [-0.2, -0.15) is 0 Å². The van der Waals surface area contributed by atoms with E-state index in [0.717, 1.165) is 0 Å². The Labute approximate surface area is 52.8 Å². The van der Waals surface area contributed by atoms with Gasteiger partial charge in [0.15, 0.2) is 20.0 Å². The first kappa shape index (κ1) is 8.78. The molecule has 0 rings (SSSR count). The monoisotopic (exact) mass is 140 g/mol. The van der Waals surface area contributed by atoms with Crippen LogP contribution in [-0.2, 0) is 9.47 Å². The lowest BCUT2D eigenvalue weighted by atomic mass is 10.5. The second-order valence-electron chi connectivity index (χ2n) is 1.39. The van der Waals surface area contributed by atoms with Gasteiger partial charge in [0.2, 0.25) is 0 Å². The lowest BCUT2D eigenvalue weighted by Gasteiger charge is -2.10. The lowest BCUT2D eigenvalue weighted by Crippen LogP contribution is -2.14. The Balaban J connectivity index is 3.18. The zero-order valence-corrected chi connectivity index (χ0v) is 5.27. The van der Waals surface area contributed by atoms with Gasteiger partial charge in [-0.25, -0.2) is 8.78 Å². The van der Waals surface area contributed by atoms with Gasteiger partial charge in [0.25, 0.3) is 0 Å². The SMILES string of the molecule is CCC(OCF)OCF. The van der Waals surface area contributed by atoms with E-state index >= 15 is 0 Å². The van der Waals surface area contributed by atoms with E-state index in [1.807, 2.05) is 0 Å². The molecule has 0 aromatic carbocycles. The predicted octanol–water partition coefficient (Wildman–Crippen LogP) is 1.61. The molecule has 0 atom stereocenters. The molecule has 0 aromatic heterocycles. The summed E-state index contributed by atoms with van der Waals surface area (Å²) in [4.78, 5) is 0. The Morgan fingerprint density at radius 2 is 1.67 bits per heavy atom. The Bertz CT molecular complexity index is 54.9. The van der Waals surface area contributed by atoms with Crippen LogP contribution in [-0.4, -0.2) is 20.0 Å². The molecule has 0 spiro atoms. The molecule has 0 aliphatic rings. The predicted molar refractivity (Wildman–Crippen MR) is 28.2 cm³/mol. The number of hydrogen-bond acceptors (Lipinski definition) is 2. The van der Waals surface area contributed by atoms with Crippen molar-refractivity contribution in [3.05, 3.63) is 0 Å². The van der Waals surface area contributed by atoms with Crippen molar-refractivity contribution in [2.24, 2.45) is 0 Å². The molecule has 0 fully saturated rings. The zero-order chi connectivity index (χ0) is 7.11. The first-order valence-corrected chi connectivity index (χ1v) is 2.70. The van der Waals surface area contributed by atoms with Crippen molar-refractivity contribution in [3.63, 3.8) is 0 Å². The maximum absolute atomic E-state index is 11.3. The van der Waals surface area contributed by atoms with Gasteiger partial charge in [-0.05, 0) is 6.42 Å². The number of hydrogen-bond donors (Lipinski definition) is 0. The third-order valence-electron chi connectivity index (χ3n) is 0.831. The smallest absolute Gasteiger partial charge is 0.191 e. The molecule has 4 heteroatoms. The van der Waals surface area contributed by atoms with Gasteiger partial charge in [0, 0.05) is 0 Å². The van der Waals surface area contributed by atoms with Gasteiger partial charge in [0.1, 0.15) is 0 Å². The fraction of sp³-hybridized carbons (Fsp3) is 1.00. The second kappa shape index (κ2) is 5.91. The van der Waals surface area contributed by atoms with Gasteiger partial charge < -0.3 is 9.47 Å². The molecule has 0 aliphatic heterocycles. The summed E-state index contributed by atoms with van der Waals surface area (Å²) in [6.07, 6.45) is -0.284. The highest BCUT2D eigenvalue weighted by atomic mass is 19.1. The molecule has 0 aromatic rings. The van der Waals surface area contributed by atoms with E-state index in [9.17, 15) is 8.78 Å². The molecule has 9 heavy (non-hydrogen) atoms. The molecule has 0 heterocycles. The first-order valence-electron chi connectivity index (χ1n) is 2.70. The lowest BCUT2D eigenvalue weighted by molar-refractivity contribution is -0.182. The summed E-state index contributed by atoms with van der Waals surface area (Å²) >= 11 is 0. The van der Waals surface area contributed by atoms with E-state index in [2.05, 4.69) is 9.47 Å². The summed E-state index contributed by atoms with van der Waals surface area (Å²) < 4.78 is 31.3. The van der Waals surface area contributed by atoms with E-state index in [0.29, 0.717) is 6.42 Å². The van der Waals surface area contributed by atoms with Crippen molar-refractivity contribution in [1.29, 1.82) is 0 Å². The molecular formula is C5H10F2O2. The Morgan fingerprint density at radius 1 is 1.22 bits per heavy atom. The average Bonchev–Trinajstić information content (AvgIpc) is 1.88. The van der Waals surface area contributed by atoms with Crippen molar-refractivity contribution >= 4 is 0 Å². The van der Waals surface area contributed by atoms with E-state index in [4.69, 9.17) is 0 Å². The minimum Gasteiger partial charge on any atom is -0.322 e. The minimum atomic E-state index is -0.932. The fourth-order valence-electron chi connectivity index (χ4n) is 0.424. The molecule has 0 unspecified atom stereocenters. The maximum atomic E-state index is 11.3. The van der Waals surface area contributed by atoms with Gasteiger partial charge >= 0.3 is 0 Å². The number of halogens is 2. The zero-order valence-electron chi connectivity index (χ0n) is 5.27. The highest BCUT2D eigenvalue weighted by molar-refractivity contribution is 4.33. The maximum Gasteiger partial charge on any atom is 0.191 e. The molecular weight excluding hydrogens is 130 g/mol. The third kappa shape index (κ3) is 4.29. The minimum absolute atomic E-state index is 0.452. The molecule has 0 saturated heterocycles. The van der Waals surface area contributed by atoms with Crippen molar-refractivity contribution in [2.45, 2.75) is 19.6 Å². The Morgan fingerprint density at radius 3 is 1.89 bits per heavy atom. The topological polar surface area (TPSA) is 18.5 Å². The molecule has 0 saturated carbocycles. The summed E-state index contributed by atoms with van der Waals surface area (Å²) in [7, 11) is 0. The molecule has 0 N–H and O–H groups in total. The third-order valence-corrected chi connectivity index (χ3v) is 0.831. The summed E-state index contributed by atoms with van der Waals surface area (Å²) in [6, 6.07) is 0. The van der Waals surface area contributed by atoms with E-state index in [-0.39, 0.29) is 0 Å². The van der Waals surface area contributed by atoms with Crippen LogP contribution in [0.5, 0.6) is 0 Å². The van der Waals surface area contributed by atoms with Gasteiger partial charge in [0.05, 0.1) is 0 Å². The van der Waals surface area contributed by atoms with E-state index in [1.54, 1.807) is 6.92 Å². The molecule has 56 valence electrons. The normalized spacial score (nSPS) is 10.7. The highest BCUT2D eigenvalue weighted by Gasteiger charge is 2.03. The van der Waals surface area contributed by atoms with Crippen LogP contribution in [0.15, 0.2) is 0 Å². The van der Waals surface area contributed by atoms with Crippen molar-refractivity contribution in [3.8, 4) is 0 Å². The molecule has 0 radical (unpaired) electrons. The Hall–Kier alpha value is -0.220. The largest absolute Gasteiger partial charge is 0.322 e. The number of ether oxygens (including phenoxy) is 2. The number of alkyl halides is 2. The van der Waals surface area contributed by atoms with Crippen LogP contribution in [0.2, 0.25) is 0 Å². The van der Waals surface area contributed by atoms with Crippen LogP contribution < -0.4 is 0 Å².